The molecule has 226 valence electrons. The van der Waals surface area contributed by atoms with Crippen LogP contribution in [0.2, 0.25) is 5.02 Å². The average molecular weight is 619 g/mol. The summed E-state index contributed by atoms with van der Waals surface area (Å²) in [7, 11) is 2.89. The van der Waals surface area contributed by atoms with E-state index in [1.807, 2.05) is 0 Å². The highest BCUT2D eigenvalue weighted by Crippen LogP contribution is 2.40. The highest BCUT2D eigenvalue weighted by molar-refractivity contribution is 6.32. The highest BCUT2D eigenvalue weighted by atomic mass is 35.5. The number of aromatic nitrogens is 8. The zero-order valence-electron chi connectivity index (χ0n) is 23.2. The fourth-order valence-electron chi connectivity index (χ4n) is 4.85. The molecule has 3 N–H and O–H groups in total. The van der Waals surface area contributed by atoms with Gasteiger partial charge in [-0.15, -0.1) is 0 Å². The Labute approximate surface area is 248 Å². The third-order valence-corrected chi connectivity index (χ3v) is 7.12. The molecule has 0 atom stereocenters. The molecule has 13 nitrogen and oxygen atoms in total. The van der Waals surface area contributed by atoms with Crippen molar-refractivity contribution in [3.8, 4) is 34.5 Å². The Morgan fingerprint density at radius 3 is 2.28 bits per heavy atom. The molecule has 0 unspecified atom stereocenters. The van der Waals surface area contributed by atoms with Crippen LogP contribution < -0.4 is 20.1 Å². The number of nitrogens with zero attached hydrogens (tertiary/aromatic N) is 7. The minimum Gasteiger partial charge on any atom is -0.478 e. The fraction of sp³-hybridized carbons (Fsp3) is 0.385. The normalized spacial score (nSPS) is 16.9. The van der Waals surface area contributed by atoms with Crippen molar-refractivity contribution in [3.63, 3.8) is 0 Å². The minimum absolute atomic E-state index is 0.00737. The molecule has 1 saturated carbocycles. The van der Waals surface area contributed by atoms with Crippen molar-refractivity contribution in [2.75, 3.05) is 24.9 Å². The Balaban J connectivity index is 1.39. The molecule has 0 spiro atoms. The maximum absolute atomic E-state index is 13.7. The number of aromatic amines is 1. The summed E-state index contributed by atoms with van der Waals surface area (Å²) in [6.07, 6.45) is 2.90. The summed E-state index contributed by atoms with van der Waals surface area (Å²) < 4.78 is 51.5. The zero-order valence-corrected chi connectivity index (χ0v) is 23.9. The topological polar surface area (TPSA) is 166 Å². The van der Waals surface area contributed by atoms with Gasteiger partial charge in [-0.3, -0.25) is 9.89 Å². The van der Waals surface area contributed by atoms with E-state index < -0.39 is 17.4 Å². The molecule has 0 saturated heterocycles. The molecule has 1 amide bonds. The fourth-order valence-corrected chi connectivity index (χ4v) is 5.03. The maximum Gasteiger partial charge on any atom is 0.420 e. The van der Waals surface area contributed by atoms with Crippen LogP contribution in [0.4, 0.5) is 24.9 Å². The molecule has 43 heavy (non-hydrogen) atoms. The second-order valence-electron chi connectivity index (χ2n) is 9.69. The zero-order chi connectivity index (χ0) is 30.7. The quantitative estimate of drug-likeness (QED) is 0.246. The molecule has 17 heteroatoms. The molecule has 0 aliphatic heterocycles. The van der Waals surface area contributed by atoms with Gasteiger partial charge in [0.25, 0.3) is 5.88 Å². The third kappa shape index (κ3) is 6.58. The SMILES string of the molecule is COc1ncc(-c2nc(OC)c(NC(C)=O)nc2C2CCC(Nc3ncc(C(F)(F)F)c(-c4[nH]ncc4Cl)n3)CC2)cn1. The van der Waals surface area contributed by atoms with Gasteiger partial charge in [-0.1, -0.05) is 11.6 Å². The van der Waals surface area contributed by atoms with Gasteiger partial charge in [-0.25, -0.2) is 29.9 Å². The number of carbonyl (C=O) groups excluding carboxylic acids is 1. The summed E-state index contributed by atoms with van der Waals surface area (Å²) in [5.41, 5.74) is 0.226. The lowest BCUT2D eigenvalue weighted by Crippen LogP contribution is -2.27. The lowest BCUT2D eigenvalue weighted by molar-refractivity contribution is -0.137. The number of ether oxygens (including phenoxy) is 2. The number of nitrogens with one attached hydrogen (secondary N) is 3. The number of alkyl halides is 3. The molecule has 4 heterocycles. The van der Waals surface area contributed by atoms with Gasteiger partial charge < -0.3 is 20.1 Å². The van der Waals surface area contributed by atoms with E-state index in [9.17, 15) is 18.0 Å². The van der Waals surface area contributed by atoms with Gasteiger partial charge in [0, 0.05) is 43.0 Å². The van der Waals surface area contributed by atoms with E-state index in [-0.39, 0.29) is 52.2 Å². The predicted octanol–water partition coefficient (Wildman–Crippen LogP) is 4.90. The molecule has 1 fully saturated rings. The van der Waals surface area contributed by atoms with Crippen LogP contribution >= 0.6 is 11.6 Å². The van der Waals surface area contributed by atoms with Gasteiger partial charge in [0.05, 0.1) is 36.8 Å². The van der Waals surface area contributed by atoms with Crippen molar-refractivity contribution in [2.24, 2.45) is 0 Å². The molecule has 5 rings (SSSR count). The van der Waals surface area contributed by atoms with Crippen molar-refractivity contribution in [2.45, 2.75) is 50.7 Å². The van der Waals surface area contributed by atoms with Gasteiger partial charge >= 0.3 is 12.2 Å². The summed E-state index contributed by atoms with van der Waals surface area (Å²) >= 11 is 6.05. The van der Waals surface area contributed by atoms with Crippen LogP contribution in [-0.2, 0) is 11.0 Å². The Morgan fingerprint density at radius 2 is 1.70 bits per heavy atom. The van der Waals surface area contributed by atoms with Crippen molar-refractivity contribution in [1.82, 2.24) is 40.1 Å². The van der Waals surface area contributed by atoms with E-state index >= 15 is 0 Å². The Morgan fingerprint density at radius 1 is 0.977 bits per heavy atom. The van der Waals surface area contributed by atoms with Crippen LogP contribution in [-0.4, -0.2) is 66.3 Å². The average Bonchev–Trinajstić information content (AvgIpc) is 3.42. The van der Waals surface area contributed by atoms with Crippen molar-refractivity contribution < 1.29 is 27.4 Å². The van der Waals surface area contributed by atoms with E-state index in [4.69, 9.17) is 26.1 Å². The predicted molar refractivity (Wildman–Crippen MR) is 149 cm³/mol. The van der Waals surface area contributed by atoms with E-state index in [2.05, 4.69) is 45.8 Å². The van der Waals surface area contributed by atoms with E-state index in [0.717, 1.165) is 6.20 Å². The van der Waals surface area contributed by atoms with Crippen LogP contribution in [0.3, 0.4) is 0 Å². The molecular weight excluding hydrogens is 593 g/mol. The summed E-state index contributed by atoms with van der Waals surface area (Å²) in [5.74, 6) is -0.0574. The summed E-state index contributed by atoms with van der Waals surface area (Å²) in [4.78, 5) is 37.6. The number of anilines is 2. The van der Waals surface area contributed by atoms with E-state index in [1.54, 1.807) is 12.4 Å². The lowest BCUT2D eigenvalue weighted by Gasteiger charge is -2.30. The standard InChI is InChI=1S/C26H26ClF3N10O3/c1-12(41)35-22-23(42-2)38-19(14-8-32-25(43-3)33-9-14)18(37-22)13-4-6-15(7-5-13)36-24-31-10-16(26(28,29)30)20(39-24)21-17(27)11-34-40-21/h8-11,13,15H,4-7H2,1-3H3,(H,34,40)(H,31,36,39)(H,35,37,41). The first-order valence-electron chi connectivity index (χ1n) is 13.1. The highest BCUT2D eigenvalue weighted by Gasteiger charge is 2.37. The molecule has 4 aromatic heterocycles. The smallest absolute Gasteiger partial charge is 0.420 e. The van der Waals surface area contributed by atoms with E-state index in [1.165, 1.54) is 27.3 Å². The van der Waals surface area contributed by atoms with Crippen LogP contribution in [0, 0.1) is 0 Å². The van der Waals surface area contributed by atoms with Crippen molar-refractivity contribution in [1.29, 1.82) is 0 Å². The first-order chi connectivity index (χ1) is 20.6. The lowest BCUT2D eigenvalue weighted by atomic mass is 9.82. The maximum atomic E-state index is 13.7. The first kappa shape index (κ1) is 29.9. The number of carbonyl (C=O) groups is 1. The van der Waals surface area contributed by atoms with Crippen LogP contribution in [0.5, 0.6) is 11.9 Å². The first-order valence-corrected chi connectivity index (χ1v) is 13.4. The monoisotopic (exact) mass is 618 g/mol. The van der Waals surface area contributed by atoms with Gasteiger partial charge in [0.15, 0.2) is 5.82 Å². The van der Waals surface area contributed by atoms with Gasteiger partial charge in [0.2, 0.25) is 11.9 Å². The number of H-pyrrole nitrogens is 1. The second-order valence-corrected chi connectivity index (χ2v) is 10.1. The number of hydrogen-bond acceptors (Lipinski definition) is 11. The van der Waals surface area contributed by atoms with Crippen LogP contribution in [0.15, 0.2) is 24.8 Å². The van der Waals surface area contributed by atoms with Crippen molar-refractivity contribution in [3.05, 3.63) is 41.1 Å². The Bertz CT molecular complexity index is 1610. The minimum atomic E-state index is -4.69. The Kier molecular flexibility index (Phi) is 8.57. The van der Waals surface area contributed by atoms with Gasteiger partial charge in [0.1, 0.15) is 17.0 Å². The van der Waals surface area contributed by atoms with Gasteiger partial charge in [-0.05, 0) is 25.7 Å². The molecule has 0 radical (unpaired) electrons. The second kappa shape index (κ2) is 12.3. The number of amides is 1. The number of hydrogen-bond donors (Lipinski definition) is 3. The Hall–Kier alpha value is -4.60. The van der Waals surface area contributed by atoms with Gasteiger partial charge in [-0.2, -0.15) is 18.3 Å². The summed E-state index contributed by atoms with van der Waals surface area (Å²) in [5, 5.41) is 12.0. The molecule has 0 bridgehead atoms. The summed E-state index contributed by atoms with van der Waals surface area (Å²) in [6.45, 7) is 1.36. The molecular formula is C26H26ClF3N10O3. The number of halogens is 4. The molecule has 0 aromatic carbocycles. The van der Waals surface area contributed by atoms with Crippen LogP contribution in [0.1, 0.15) is 49.8 Å². The van der Waals surface area contributed by atoms with Crippen LogP contribution in [0.25, 0.3) is 22.6 Å². The van der Waals surface area contributed by atoms with E-state index in [0.29, 0.717) is 42.6 Å². The largest absolute Gasteiger partial charge is 0.478 e. The molecule has 1 aliphatic rings. The number of rotatable bonds is 8. The molecule has 4 aromatic rings. The summed E-state index contributed by atoms with van der Waals surface area (Å²) in [6, 6.07) is 0.0574. The number of methoxy groups -OCH3 is 2. The third-order valence-electron chi connectivity index (χ3n) is 6.83. The van der Waals surface area contributed by atoms with Crippen molar-refractivity contribution >= 4 is 29.3 Å². The molecule has 1 aliphatic carbocycles.